The van der Waals surface area contributed by atoms with Crippen molar-refractivity contribution in [3.05, 3.63) is 82.6 Å². The second kappa shape index (κ2) is 12.7. The topological polar surface area (TPSA) is 132 Å². The average Bonchev–Trinajstić information content (AvgIpc) is 2.93. The van der Waals surface area contributed by atoms with Gasteiger partial charge >= 0.3 is 0 Å². The van der Waals surface area contributed by atoms with Gasteiger partial charge in [0.2, 0.25) is 0 Å². The van der Waals surface area contributed by atoms with Crippen molar-refractivity contribution in [2.24, 2.45) is 11.7 Å². The van der Waals surface area contributed by atoms with Crippen molar-refractivity contribution in [3.8, 4) is 11.3 Å². The number of carbonyl (C=O) groups is 1. The molecule has 2 aliphatic carbocycles. The molecule has 2 saturated carbocycles. The molecule has 0 spiro atoms. The molecule has 0 saturated heterocycles. The molecule has 3 N–H and O–H groups in total. The molecule has 4 atom stereocenters. The number of nitrogens with zero attached hydrogens (tertiary/aromatic N) is 2. The number of aliphatic hydroxyl groups is 1. The van der Waals surface area contributed by atoms with Crippen molar-refractivity contribution >= 4 is 15.6 Å². The molecule has 0 unspecified atom stereocenters. The summed E-state index contributed by atoms with van der Waals surface area (Å²) < 4.78 is 73.9. The highest BCUT2D eigenvalue weighted by Crippen LogP contribution is 2.43. The lowest BCUT2D eigenvalue weighted by atomic mass is 9.73. The van der Waals surface area contributed by atoms with Crippen LogP contribution in [0.4, 0.5) is 13.2 Å². The van der Waals surface area contributed by atoms with Gasteiger partial charge in [0.05, 0.1) is 29.6 Å². The first-order valence-electron chi connectivity index (χ1n) is 14.7. The molecule has 3 aromatic rings. The van der Waals surface area contributed by atoms with E-state index in [2.05, 4.69) is 9.97 Å². The fourth-order valence-corrected chi connectivity index (χ4v) is 6.73. The summed E-state index contributed by atoms with van der Waals surface area (Å²) >= 11 is 0. The number of halogens is 3. The summed E-state index contributed by atoms with van der Waals surface area (Å²) in [4.78, 5) is 21.6. The van der Waals surface area contributed by atoms with Crippen LogP contribution in [0.5, 0.6) is 0 Å². The van der Waals surface area contributed by atoms with Gasteiger partial charge in [-0.1, -0.05) is 6.92 Å². The Morgan fingerprint density at radius 1 is 1.11 bits per heavy atom. The van der Waals surface area contributed by atoms with E-state index >= 15 is 8.78 Å². The lowest BCUT2D eigenvalue weighted by Crippen LogP contribution is -2.47. The van der Waals surface area contributed by atoms with Gasteiger partial charge in [-0.15, -0.1) is 0 Å². The van der Waals surface area contributed by atoms with Gasteiger partial charge in [-0.25, -0.2) is 26.6 Å². The molecule has 0 bridgehead atoms. The Bertz CT molecular complexity index is 1630. The standard InChI is InChI=1S/C32H36F3N3O5S/c1-18-12-19(13-26(36)31(18)43-10-11-44(2,41)42)22-6-9-37-17-20(22)14-28(39)27-5-4-23(33)30(38-27)29-24(34)15-21(16-25(29)35)32(40)7-3-8-32/h4-6,9,15-19,26,31,40H,3,7-8,10-14,36H2,1-2H3/t18-,19+,26+,31+/m0/s1. The molecule has 0 amide bonds. The molecule has 1 aromatic carbocycles. The van der Waals surface area contributed by atoms with Crippen LogP contribution in [0.15, 0.2) is 42.7 Å². The quantitative estimate of drug-likeness (QED) is 0.310. The first-order chi connectivity index (χ1) is 20.8. The predicted molar refractivity (Wildman–Crippen MR) is 158 cm³/mol. The highest BCUT2D eigenvalue weighted by molar-refractivity contribution is 7.90. The molecule has 2 heterocycles. The molecule has 5 rings (SSSR count). The van der Waals surface area contributed by atoms with Crippen LogP contribution in [0.1, 0.15) is 72.1 Å². The second-order valence-corrected chi connectivity index (χ2v) is 14.4. The molecule has 44 heavy (non-hydrogen) atoms. The number of pyridine rings is 2. The second-order valence-electron chi connectivity index (χ2n) is 12.2. The number of ketones is 1. The number of rotatable bonds is 10. The normalized spacial score (nSPS) is 23.2. The molecule has 0 aliphatic heterocycles. The number of aromatic nitrogens is 2. The summed E-state index contributed by atoms with van der Waals surface area (Å²) in [6, 6.07) is 5.58. The first-order valence-corrected chi connectivity index (χ1v) is 16.7. The zero-order valence-electron chi connectivity index (χ0n) is 24.6. The van der Waals surface area contributed by atoms with Gasteiger partial charge in [-0.3, -0.25) is 9.78 Å². The number of hydrogen-bond acceptors (Lipinski definition) is 8. The molecular weight excluding hydrogens is 595 g/mol. The van der Waals surface area contributed by atoms with Crippen LogP contribution < -0.4 is 5.73 Å². The molecule has 0 radical (unpaired) electrons. The van der Waals surface area contributed by atoms with Crippen LogP contribution in [0, 0.1) is 23.4 Å². The van der Waals surface area contributed by atoms with Crippen molar-refractivity contribution in [2.75, 3.05) is 18.6 Å². The van der Waals surface area contributed by atoms with E-state index in [1.165, 1.54) is 6.07 Å². The number of sulfone groups is 1. The molecule has 2 fully saturated rings. The van der Waals surface area contributed by atoms with Crippen molar-refractivity contribution in [2.45, 2.75) is 69.1 Å². The number of ether oxygens (including phenoxy) is 1. The summed E-state index contributed by atoms with van der Waals surface area (Å²) in [6.07, 6.45) is 6.62. The maximum Gasteiger partial charge on any atom is 0.185 e. The fraction of sp³-hybridized carbons (Fsp3) is 0.469. The van der Waals surface area contributed by atoms with E-state index in [0.29, 0.717) is 31.2 Å². The van der Waals surface area contributed by atoms with Crippen molar-refractivity contribution in [1.82, 2.24) is 9.97 Å². The minimum atomic E-state index is -3.16. The predicted octanol–water partition coefficient (Wildman–Crippen LogP) is 4.63. The van der Waals surface area contributed by atoms with E-state index in [-0.39, 0.29) is 54.0 Å². The third kappa shape index (κ3) is 6.88. The zero-order chi connectivity index (χ0) is 31.8. The summed E-state index contributed by atoms with van der Waals surface area (Å²) in [5.74, 6) is -3.73. The van der Waals surface area contributed by atoms with E-state index in [1.54, 1.807) is 12.4 Å². The fourth-order valence-electron chi connectivity index (χ4n) is 6.33. The van der Waals surface area contributed by atoms with Crippen LogP contribution >= 0.6 is 0 Å². The van der Waals surface area contributed by atoms with E-state index in [1.807, 2.05) is 13.0 Å². The highest BCUT2D eigenvalue weighted by atomic mass is 32.2. The molecule has 236 valence electrons. The monoisotopic (exact) mass is 631 g/mol. The molecular formula is C32H36F3N3O5S. The van der Waals surface area contributed by atoms with E-state index < -0.39 is 49.9 Å². The number of nitrogens with two attached hydrogens (primary N) is 1. The smallest absolute Gasteiger partial charge is 0.185 e. The lowest BCUT2D eigenvalue weighted by molar-refractivity contribution is -0.0392. The van der Waals surface area contributed by atoms with E-state index in [4.69, 9.17) is 10.5 Å². The van der Waals surface area contributed by atoms with Crippen molar-refractivity contribution < 1.29 is 36.2 Å². The lowest BCUT2D eigenvalue weighted by Gasteiger charge is -2.39. The number of benzene rings is 1. The Morgan fingerprint density at radius 2 is 1.82 bits per heavy atom. The SMILES string of the molecule is C[C@H]1C[C@@H](c2ccncc2CC(=O)c2ccc(F)c(-c3c(F)cc(C4(O)CCC4)cc3F)n2)C[C@@H](N)[C@@H]1OCCS(C)(=O)=O. The highest BCUT2D eigenvalue weighted by Gasteiger charge is 2.38. The maximum atomic E-state index is 15.1. The Labute approximate surface area is 254 Å². The maximum absolute atomic E-state index is 15.1. The summed E-state index contributed by atoms with van der Waals surface area (Å²) in [5, 5.41) is 10.5. The molecule has 12 heteroatoms. The van der Waals surface area contributed by atoms with Gasteiger partial charge in [0.15, 0.2) is 5.78 Å². The van der Waals surface area contributed by atoms with Crippen LogP contribution in [-0.2, 0) is 26.6 Å². The van der Waals surface area contributed by atoms with Gasteiger partial charge in [0.25, 0.3) is 0 Å². The van der Waals surface area contributed by atoms with Gasteiger partial charge in [-0.05, 0) is 91.0 Å². The summed E-state index contributed by atoms with van der Waals surface area (Å²) in [6.45, 7) is 2.05. The largest absolute Gasteiger partial charge is 0.385 e. The molecule has 2 aliphatic rings. The average molecular weight is 632 g/mol. The number of Topliss-reactive ketones (excluding diaryl/α,β-unsaturated/α-hetero) is 1. The minimum absolute atomic E-state index is 0.0162. The summed E-state index contributed by atoms with van der Waals surface area (Å²) in [5.41, 5.74) is 5.25. The number of hydrogen-bond donors (Lipinski definition) is 2. The van der Waals surface area contributed by atoms with Crippen molar-refractivity contribution in [1.29, 1.82) is 0 Å². The van der Waals surface area contributed by atoms with Gasteiger partial charge in [0.1, 0.15) is 38.7 Å². The Morgan fingerprint density at radius 3 is 2.43 bits per heavy atom. The van der Waals surface area contributed by atoms with E-state index in [0.717, 1.165) is 36.4 Å². The Kier molecular flexibility index (Phi) is 9.27. The van der Waals surface area contributed by atoms with Crippen LogP contribution in [-0.4, -0.2) is 60.0 Å². The third-order valence-corrected chi connectivity index (χ3v) is 9.73. The van der Waals surface area contributed by atoms with Crippen LogP contribution in [0.2, 0.25) is 0 Å². The minimum Gasteiger partial charge on any atom is -0.385 e. The first kappa shape index (κ1) is 32.2. The molecule has 8 nitrogen and oxygen atoms in total. The Hall–Kier alpha value is -3.19. The number of carbonyl (C=O) groups excluding carboxylic acids is 1. The molecule has 2 aromatic heterocycles. The summed E-state index contributed by atoms with van der Waals surface area (Å²) in [7, 11) is -3.16. The van der Waals surface area contributed by atoms with Gasteiger partial charge in [0, 0.05) is 31.1 Å². The van der Waals surface area contributed by atoms with Gasteiger partial charge in [-0.2, -0.15) is 0 Å². The third-order valence-electron chi connectivity index (χ3n) is 8.82. The zero-order valence-corrected chi connectivity index (χ0v) is 25.4. The Balaban J connectivity index is 1.34. The van der Waals surface area contributed by atoms with E-state index in [9.17, 15) is 22.7 Å². The van der Waals surface area contributed by atoms with Crippen LogP contribution in [0.3, 0.4) is 0 Å². The van der Waals surface area contributed by atoms with Crippen molar-refractivity contribution in [3.63, 3.8) is 0 Å². The van der Waals surface area contributed by atoms with Crippen LogP contribution in [0.25, 0.3) is 11.3 Å². The van der Waals surface area contributed by atoms with Gasteiger partial charge < -0.3 is 15.6 Å².